The molecule has 1 saturated heterocycles. The van der Waals surface area contributed by atoms with Crippen molar-refractivity contribution in [1.29, 1.82) is 0 Å². The van der Waals surface area contributed by atoms with E-state index in [4.69, 9.17) is 4.74 Å². The second kappa shape index (κ2) is 8.33. The summed E-state index contributed by atoms with van der Waals surface area (Å²) in [5, 5.41) is 8.26. The number of aromatic nitrogens is 6. The van der Waals surface area contributed by atoms with Gasteiger partial charge in [-0.15, -0.1) is 0 Å². The third-order valence-electron chi connectivity index (χ3n) is 5.36. The predicted octanol–water partition coefficient (Wildman–Crippen LogP) is 2.93. The summed E-state index contributed by atoms with van der Waals surface area (Å²) in [4.78, 5) is 24.6. The fraction of sp³-hybridized carbons (Fsp3) is 0.286. The number of rotatable bonds is 5. The number of halogens is 2. The second-order valence-corrected chi connectivity index (χ2v) is 7.38. The third-order valence-corrected chi connectivity index (χ3v) is 5.36. The van der Waals surface area contributed by atoms with Crippen LogP contribution in [0.25, 0.3) is 11.3 Å². The van der Waals surface area contributed by atoms with E-state index in [1.54, 1.807) is 35.5 Å². The number of imidazole rings is 1. The van der Waals surface area contributed by atoms with Crippen molar-refractivity contribution in [3.63, 3.8) is 0 Å². The normalized spacial score (nSPS) is 16.6. The van der Waals surface area contributed by atoms with Gasteiger partial charge >= 0.3 is 0 Å². The Morgan fingerprint density at radius 3 is 2.75 bits per heavy atom. The van der Waals surface area contributed by atoms with Gasteiger partial charge in [0.05, 0.1) is 36.4 Å². The Kier molecular flexibility index (Phi) is 5.21. The van der Waals surface area contributed by atoms with E-state index in [2.05, 4.69) is 20.2 Å². The molecule has 32 heavy (non-hydrogen) atoms. The van der Waals surface area contributed by atoms with Crippen molar-refractivity contribution in [2.45, 2.75) is 25.4 Å². The first-order valence-electron chi connectivity index (χ1n) is 10.1. The molecule has 1 amide bonds. The van der Waals surface area contributed by atoms with E-state index in [1.165, 1.54) is 21.6 Å². The number of hydrogen-bond donors (Lipinski definition) is 0. The summed E-state index contributed by atoms with van der Waals surface area (Å²) < 4.78 is 33.6. The van der Waals surface area contributed by atoms with Crippen LogP contribution in [0.5, 0.6) is 5.88 Å². The molecular weight excluding hydrogens is 420 g/mol. The van der Waals surface area contributed by atoms with Gasteiger partial charge in [-0.2, -0.15) is 15.0 Å². The highest BCUT2D eigenvalue weighted by Gasteiger charge is 2.28. The van der Waals surface area contributed by atoms with Crippen LogP contribution in [0.3, 0.4) is 0 Å². The zero-order valence-corrected chi connectivity index (χ0v) is 16.9. The van der Waals surface area contributed by atoms with Gasteiger partial charge in [0.25, 0.3) is 18.2 Å². The highest BCUT2D eigenvalue weighted by molar-refractivity contribution is 5.97. The van der Waals surface area contributed by atoms with E-state index >= 15 is 0 Å². The van der Waals surface area contributed by atoms with Crippen molar-refractivity contribution in [2.24, 2.45) is 0 Å². The summed E-state index contributed by atoms with van der Waals surface area (Å²) in [5.41, 5.74) is 1.08. The Labute approximate surface area is 181 Å². The lowest BCUT2D eigenvalue weighted by Gasteiger charge is -2.33. The Morgan fingerprint density at radius 2 is 1.94 bits per heavy atom. The van der Waals surface area contributed by atoms with E-state index in [0.717, 1.165) is 12.6 Å². The predicted molar refractivity (Wildman–Crippen MR) is 109 cm³/mol. The molecule has 5 rings (SSSR count). The number of ether oxygens (including phenoxy) is 1. The van der Waals surface area contributed by atoms with Gasteiger partial charge in [-0.25, -0.2) is 18.7 Å². The molecule has 0 spiro atoms. The number of carbonyl (C=O) groups excluding carboxylic acids is 1. The minimum atomic E-state index is -2.66. The molecule has 9 nitrogen and oxygen atoms in total. The summed E-state index contributed by atoms with van der Waals surface area (Å²) in [6.07, 6.45) is 5.48. The Hall–Kier alpha value is -3.89. The molecule has 0 aliphatic carbocycles. The summed E-state index contributed by atoms with van der Waals surface area (Å²) in [6.45, 7) is 0.918. The van der Waals surface area contributed by atoms with Crippen LogP contribution in [-0.4, -0.2) is 59.4 Å². The number of piperidine rings is 1. The number of benzene rings is 1. The van der Waals surface area contributed by atoms with Gasteiger partial charge < -0.3 is 9.64 Å². The number of carbonyl (C=O) groups is 1. The van der Waals surface area contributed by atoms with Gasteiger partial charge in [-0.3, -0.25) is 9.20 Å². The molecule has 11 heteroatoms. The highest BCUT2D eigenvalue weighted by atomic mass is 19.3. The fourth-order valence-electron chi connectivity index (χ4n) is 3.88. The zero-order chi connectivity index (χ0) is 22.1. The Morgan fingerprint density at radius 1 is 1.12 bits per heavy atom. The monoisotopic (exact) mass is 439 g/mol. The quantitative estimate of drug-likeness (QED) is 0.475. The van der Waals surface area contributed by atoms with Crippen molar-refractivity contribution < 1.29 is 18.3 Å². The van der Waals surface area contributed by atoms with Crippen LogP contribution >= 0.6 is 0 Å². The second-order valence-electron chi connectivity index (χ2n) is 7.38. The first-order valence-corrected chi connectivity index (χ1v) is 10.1. The summed E-state index contributed by atoms with van der Waals surface area (Å²) in [6, 6.07) is 7.14. The standard InChI is InChI=1S/C21H19F2N7O2/c22-18(23)17-12-25-19-20(24-9-11-29(17)19)32-14-4-3-10-28(13-14)21(31)15-5-1-2-6-16(15)30-26-7-8-27-30/h1-2,5-9,11-12,14,18H,3-4,10,13H2. The largest absolute Gasteiger partial charge is 0.470 e. The van der Waals surface area contributed by atoms with Crippen molar-refractivity contribution in [3.05, 3.63) is 66.5 Å². The molecule has 1 unspecified atom stereocenters. The molecule has 0 radical (unpaired) electrons. The van der Waals surface area contributed by atoms with E-state index < -0.39 is 6.43 Å². The SMILES string of the molecule is O=C(c1ccccc1-n1nccn1)N1CCCC(Oc2nccn3c(C(F)F)cnc23)C1. The molecule has 0 saturated carbocycles. The van der Waals surface area contributed by atoms with E-state index in [0.29, 0.717) is 30.8 Å². The van der Waals surface area contributed by atoms with Crippen molar-refractivity contribution in [1.82, 2.24) is 34.3 Å². The molecular formula is C21H19F2N7O2. The maximum Gasteiger partial charge on any atom is 0.280 e. The molecule has 1 aliphatic rings. The lowest BCUT2D eigenvalue weighted by Crippen LogP contribution is -2.44. The van der Waals surface area contributed by atoms with E-state index in [1.807, 2.05) is 6.07 Å². The molecule has 4 aromatic rings. The van der Waals surface area contributed by atoms with Crippen molar-refractivity contribution >= 4 is 11.6 Å². The number of fused-ring (bicyclic) bond motifs is 1. The molecule has 1 fully saturated rings. The van der Waals surface area contributed by atoms with E-state index in [-0.39, 0.29) is 29.2 Å². The van der Waals surface area contributed by atoms with Crippen molar-refractivity contribution in [3.8, 4) is 11.6 Å². The summed E-state index contributed by atoms with van der Waals surface area (Å²) in [5.74, 6) is 0.0120. The number of alkyl halides is 2. The van der Waals surface area contributed by atoms with Gasteiger partial charge in [0.2, 0.25) is 5.65 Å². The molecule has 1 aromatic carbocycles. The number of likely N-dealkylation sites (tertiary alicyclic amines) is 1. The van der Waals surface area contributed by atoms with Gasteiger partial charge in [0.15, 0.2) is 0 Å². The maximum atomic E-state index is 13.3. The smallest absolute Gasteiger partial charge is 0.280 e. The zero-order valence-electron chi connectivity index (χ0n) is 16.9. The summed E-state index contributed by atoms with van der Waals surface area (Å²) >= 11 is 0. The van der Waals surface area contributed by atoms with Crippen molar-refractivity contribution in [2.75, 3.05) is 13.1 Å². The van der Waals surface area contributed by atoms with Crippen LogP contribution < -0.4 is 4.74 Å². The summed E-state index contributed by atoms with van der Waals surface area (Å²) in [7, 11) is 0. The van der Waals surface area contributed by atoms with Crippen LogP contribution in [0.1, 0.15) is 35.3 Å². The minimum absolute atomic E-state index is 0.154. The highest BCUT2D eigenvalue weighted by Crippen LogP contribution is 2.26. The fourth-order valence-corrected chi connectivity index (χ4v) is 3.88. The first kappa shape index (κ1) is 20.0. The molecule has 4 heterocycles. The van der Waals surface area contributed by atoms with Gasteiger partial charge in [-0.05, 0) is 25.0 Å². The third kappa shape index (κ3) is 3.66. The first-order chi connectivity index (χ1) is 15.6. The number of para-hydroxylation sites is 1. The lowest BCUT2D eigenvalue weighted by atomic mass is 10.1. The molecule has 0 N–H and O–H groups in total. The Bertz CT molecular complexity index is 1240. The van der Waals surface area contributed by atoms with Crippen LogP contribution in [0.2, 0.25) is 0 Å². The molecule has 1 aliphatic heterocycles. The van der Waals surface area contributed by atoms with Crippen LogP contribution in [0.15, 0.2) is 55.2 Å². The van der Waals surface area contributed by atoms with E-state index in [9.17, 15) is 13.6 Å². The molecule has 0 bridgehead atoms. The van der Waals surface area contributed by atoms with Gasteiger partial charge in [-0.1, -0.05) is 12.1 Å². The van der Waals surface area contributed by atoms with Gasteiger partial charge in [0.1, 0.15) is 11.8 Å². The average molecular weight is 439 g/mol. The number of hydrogen-bond acceptors (Lipinski definition) is 6. The maximum absolute atomic E-state index is 13.3. The van der Waals surface area contributed by atoms with Gasteiger partial charge in [0, 0.05) is 18.9 Å². The number of nitrogens with zero attached hydrogens (tertiary/aromatic N) is 7. The van der Waals surface area contributed by atoms with Crippen LogP contribution in [0.4, 0.5) is 8.78 Å². The molecule has 1 atom stereocenters. The Balaban J connectivity index is 1.36. The average Bonchev–Trinajstić information content (AvgIpc) is 3.50. The number of amides is 1. The molecule has 3 aromatic heterocycles. The van der Waals surface area contributed by atoms with Crippen LogP contribution in [0, 0.1) is 0 Å². The molecule has 164 valence electrons. The lowest BCUT2D eigenvalue weighted by molar-refractivity contribution is 0.0529. The topological polar surface area (TPSA) is 90.4 Å². The van der Waals surface area contributed by atoms with Crippen LogP contribution in [-0.2, 0) is 0 Å². The minimum Gasteiger partial charge on any atom is -0.470 e.